The van der Waals surface area contributed by atoms with E-state index in [0.29, 0.717) is 30.8 Å². The number of rotatable bonds is 6. The van der Waals surface area contributed by atoms with Gasteiger partial charge in [-0.3, -0.25) is 14.5 Å². The molecular formula is C33H61N3O6. The summed E-state index contributed by atoms with van der Waals surface area (Å²) >= 11 is 0. The van der Waals surface area contributed by atoms with Gasteiger partial charge in [0.2, 0.25) is 0 Å². The third-order valence-corrected chi connectivity index (χ3v) is 10.4. The van der Waals surface area contributed by atoms with Crippen LogP contribution in [0.1, 0.15) is 81.1 Å². The second-order valence-electron chi connectivity index (χ2n) is 14.9. The molecule has 3 heterocycles. The SMILES string of the molecule is CO[C@]1(C)C[C@@H](C)CN(C)[C@H]([C@H]2CCN(C(C)C)C2)COC(=O)C(C)(C)C(=O)[C@H](C)[C@H]1O[C@H]1C[C@@H](N(C)C)C[C@@H](C)O1. The molecule has 0 radical (unpaired) electrons. The number of ether oxygens (including phenoxy) is 4. The molecule has 3 aliphatic rings. The zero-order valence-electron chi connectivity index (χ0n) is 28.6. The predicted molar refractivity (Wildman–Crippen MR) is 165 cm³/mol. The maximum absolute atomic E-state index is 14.2. The highest BCUT2D eigenvalue weighted by molar-refractivity contribution is 6.04. The van der Waals surface area contributed by atoms with Crippen LogP contribution in [-0.2, 0) is 28.5 Å². The number of carbonyl (C=O) groups is 2. The molecule has 244 valence electrons. The van der Waals surface area contributed by atoms with Gasteiger partial charge >= 0.3 is 5.97 Å². The van der Waals surface area contributed by atoms with E-state index in [-0.39, 0.29) is 30.5 Å². The summed E-state index contributed by atoms with van der Waals surface area (Å²) in [5, 5.41) is 0. The largest absolute Gasteiger partial charge is 0.463 e. The molecule has 0 bridgehead atoms. The number of carbonyl (C=O) groups excluding carboxylic acids is 2. The fourth-order valence-electron chi connectivity index (χ4n) is 7.60. The van der Waals surface area contributed by atoms with Crippen molar-refractivity contribution in [3.8, 4) is 0 Å². The van der Waals surface area contributed by atoms with E-state index in [2.05, 4.69) is 63.5 Å². The molecule has 3 aliphatic heterocycles. The molecule has 0 spiro atoms. The number of likely N-dealkylation sites (N-methyl/N-ethyl adjacent to an activating group) is 1. The van der Waals surface area contributed by atoms with Gasteiger partial charge in [-0.2, -0.15) is 0 Å². The summed E-state index contributed by atoms with van der Waals surface area (Å²) in [6.07, 6.45) is 2.33. The summed E-state index contributed by atoms with van der Waals surface area (Å²) < 4.78 is 25.3. The van der Waals surface area contributed by atoms with Crippen LogP contribution in [0.15, 0.2) is 0 Å². The molecular weight excluding hydrogens is 534 g/mol. The predicted octanol–water partition coefficient (Wildman–Crippen LogP) is 4.08. The van der Waals surface area contributed by atoms with Crippen LogP contribution in [0.2, 0.25) is 0 Å². The Labute approximate surface area is 255 Å². The van der Waals surface area contributed by atoms with Crippen molar-refractivity contribution in [2.75, 3.05) is 54.5 Å². The average Bonchev–Trinajstić information content (AvgIpc) is 3.40. The van der Waals surface area contributed by atoms with Gasteiger partial charge in [-0.1, -0.05) is 13.8 Å². The molecule has 0 amide bonds. The molecule has 0 saturated carbocycles. The molecule has 9 nitrogen and oxygen atoms in total. The van der Waals surface area contributed by atoms with Crippen LogP contribution in [0.5, 0.6) is 0 Å². The Hall–Kier alpha value is -1.10. The Morgan fingerprint density at radius 2 is 1.71 bits per heavy atom. The molecule has 0 aliphatic carbocycles. The fraction of sp³-hybridized carbons (Fsp3) is 0.939. The number of Topliss-reactive ketones (excluding diaryl/α,β-unsaturated/α-hetero) is 1. The quantitative estimate of drug-likeness (QED) is 0.333. The molecule has 3 rings (SSSR count). The number of likely N-dealkylation sites (tertiary alicyclic amines) is 1. The molecule has 3 fully saturated rings. The highest BCUT2D eigenvalue weighted by Gasteiger charge is 2.50. The van der Waals surface area contributed by atoms with E-state index < -0.39 is 35.3 Å². The molecule has 9 heteroatoms. The van der Waals surface area contributed by atoms with Crippen molar-refractivity contribution in [3.63, 3.8) is 0 Å². The first kappa shape index (κ1) is 35.4. The number of hydrogen-bond donors (Lipinski definition) is 0. The molecule has 42 heavy (non-hydrogen) atoms. The van der Waals surface area contributed by atoms with Crippen molar-refractivity contribution >= 4 is 11.8 Å². The van der Waals surface area contributed by atoms with E-state index in [4.69, 9.17) is 18.9 Å². The zero-order chi connectivity index (χ0) is 31.6. The van der Waals surface area contributed by atoms with Gasteiger partial charge in [0.05, 0.1) is 17.8 Å². The minimum absolute atomic E-state index is 0.0313. The maximum Gasteiger partial charge on any atom is 0.319 e. The third kappa shape index (κ3) is 8.13. The summed E-state index contributed by atoms with van der Waals surface area (Å²) in [6.45, 7) is 19.2. The first-order valence-electron chi connectivity index (χ1n) is 16.2. The van der Waals surface area contributed by atoms with Gasteiger partial charge in [-0.25, -0.2) is 0 Å². The average molecular weight is 596 g/mol. The van der Waals surface area contributed by atoms with Gasteiger partial charge in [0.25, 0.3) is 0 Å². The monoisotopic (exact) mass is 595 g/mol. The second kappa shape index (κ2) is 14.3. The van der Waals surface area contributed by atoms with Crippen LogP contribution in [0.3, 0.4) is 0 Å². The summed E-state index contributed by atoms with van der Waals surface area (Å²) in [5.74, 6) is -0.662. The Morgan fingerprint density at radius 1 is 1.05 bits per heavy atom. The first-order valence-corrected chi connectivity index (χ1v) is 16.2. The highest BCUT2D eigenvalue weighted by atomic mass is 16.7. The molecule has 3 saturated heterocycles. The minimum Gasteiger partial charge on any atom is -0.463 e. The van der Waals surface area contributed by atoms with Crippen LogP contribution < -0.4 is 0 Å². The summed E-state index contributed by atoms with van der Waals surface area (Å²) in [4.78, 5) is 34.9. The summed E-state index contributed by atoms with van der Waals surface area (Å²) in [6, 6.07) is 0.870. The van der Waals surface area contributed by atoms with Crippen molar-refractivity contribution < 1.29 is 28.5 Å². The topological polar surface area (TPSA) is 80.8 Å². The number of nitrogens with zero attached hydrogens (tertiary/aromatic N) is 3. The van der Waals surface area contributed by atoms with E-state index in [0.717, 1.165) is 32.5 Å². The first-order chi connectivity index (χ1) is 19.5. The standard InChI is InChI=1S/C33H61N3O6/c1-21(2)36-14-13-25(19-36)27-20-40-31(38)32(6,7)29(37)24(5)30(33(8,39-12)17-22(3)18-35(27)11)42-28-16-26(34(9)10)15-23(4)41-28/h21-28,30H,13-20H2,1-12H3/t22-,23-,24+,25+,26+,27+,28+,30-,33-/m1/s1. The Bertz CT molecular complexity index is 912. The van der Waals surface area contributed by atoms with Crippen molar-refractivity contribution in [1.82, 2.24) is 14.7 Å². The molecule has 0 aromatic carbocycles. The lowest BCUT2D eigenvalue weighted by atomic mass is 9.74. The number of hydrogen-bond acceptors (Lipinski definition) is 9. The fourth-order valence-corrected chi connectivity index (χ4v) is 7.60. The van der Waals surface area contributed by atoms with Crippen LogP contribution in [0.4, 0.5) is 0 Å². The van der Waals surface area contributed by atoms with E-state index in [1.165, 1.54) is 0 Å². The number of cyclic esters (lactones) is 1. The van der Waals surface area contributed by atoms with Crippen molar-refractivity contribution in [3.05, 3.63) is 0 Å². The molecule has 0 N–H and O–H groups in total. The molecule has 0 aromatic rings. The van der Waals surface area contributed by atoms with Crippen molar-refractivity contribution in [2.45, 2.75) is 123 Å². The number of ketones is 1. The number of methoxy groups -OCH3 is 1. The lowest BCUT2D eigenvalue weighted by molar-refractivity contribution is -0.263. The van der Waals surface area contributed by atoms with Crippen LogP contribution in [0, 0.1) is 23.2 Å². The van der Waals surface area contributed by atoms with Crippen LogP contribution >= 0.6 is 0 Å². The smallest absolute Gasteiger partial charge is 0.319 e. The van der Waals surface area contributed by atoms with Crippen LogP contribution in [0.25, 0.3) is 0 Å². The molecule has 0 unspecified atom stereocenters. The lowest BCUT2D eigenvalue weighted by Crippen LogP contribution is -2.55. The van der Waals surface area contributed by atoms with Gasteiger partial charge in [0.1, 0.15) is 12.0 Å². The highest BCUT2D eigenvalue weighted by Crippen LogP contribution is 2.38. The van der Waals surface area contributed by atoms with Gasteiger partial charge in [-0.05, 0) is 100 Å². The van der Waals surface area contributed by atoms with E-state index in [9.17, 15) is 9.59 Å². The van der Waals surface area contributed by atoms with E-state index >= 15 is 0 Å². The Balaban J connectivity index is 1.95. The van der Waals surface area contributed by atoms with E-state index in [1.807, 2.05) is 13.8 Å². The third-order valence-electron chi connectivity index (χ3n) is 10.4. The lowest BCUT2D eigenvalue weighted by Gasteiger charge is -2.45. The molecule has 0 aromatic heterocycles. The van der Waals surface area contributed by atoms with Gasteiger partial charge < -0.3 is 28.7 Å². The maximum atomic E-state index is 14.2. The van der Waals surface area contributed by atoms with Gasteiger partial charge in [0, 0.05) is 50.7 Å². The summed E-state index contributed by atoms with van der Waals surface area (Å²) in [7, 11) is 8.00. The number of esters is 1. The van der Waals surface area contributed by atoms with E-state index in [1.54, 1.807) is 21.0 Å². The summed E-state index contributed by atoms with van der Waals surface area (Å²) in [5.41, 5.74) is -2.11. The normalized spacial score (nSPS) is 40.0. The Kier molecular flexibility index (Phi) is 12.1. The zero-order valence-corrected chi connectivity index (χ0v) is 28.6. The second-order valence-corrected chi connectivity index (χ2v) is 14.9. The minimum atomic E-state index is -1.33. The molecule has 9 atom stereocenters. The van der Waals surface area contributed by atoms with Crippen LogP contribution in [-0.4, -0.2) is 123 Å². The Morgan fingerprint density at radius 3 is 2.29 bits per heavy atom. The van der Waals surface area contributed by atoms with Crippen molar-refractivity contribution in [1.29, 1.82) is 0 Å². The van der Waals surface area contributed by atoms with Gasteiger partial charge in [0.15, 0.2) is 12.1 Å². The van der Waals surface area contributed by atoms with Gasteiger partial charge in [-0.15, -0.1) is 0 Å². The van der Waals surface area contributed by atoms with Crippen molar-refractivity contribution in [2.24, 2.45) is 23.2 Å².